The molecule has 3 rings (SSSR count). The smallest absolute Gasteiger partial charge is 0.338 e. The van der Waals surface area contributed by atoms with Gasteiger partial charge in [0.2, 0.25) is 5.82 Å². The van der Waals surface area contributed by atoms with Crippen LogP contribution < -0.4 is 9.47 Å². The molecule has 0 aliphatic rings. The average Bonchev–Trinajstić information content (AvgIpc) is 3.16. The van der Waals surface area contributed by atoms with Crippen molar-refractivity contribution in [1.82, 2.24) is 10.1 Å². The van der Waals surface area contributed by atoms with Gasteiger partial charge in [0, 0.05) is 0 Å². The van der Waals surface area contributed by atoms with Gasteiger partial charge in [-0.05, 0) is 43.3 Å². The van der Waals surface area contributed by atoms with E-state index in [1.807, 2.05) is 24.3 Å². The number of methoxy groups -OCH3 is 1. The first kappa shape index (κ1) is 17.5. The van der Waals surface area contributed by atoms with E-state index < -0.39 is 0 Å². The van der Waals surface area contributed by atoms with Gasteiger partial charge < -0.3 is 18.7 Å². The van der Waals surface area contributed by atoms with Crippen molar-refractivity contribution in [2.24, 2.45) is 0 Å². The molecule has 26 heavy (non-hydrogen) atoms. The summed E-state index contributed by atoms with van der Waals surface area (Å²) in [5, 5.41) is 3.96. The zero-order chi connectivity index (χ0) is 18.4. The van der Waals surface area contributed by atoms with Crippen LogP contribution in [-0.2, 0) is 11.3 Å². The Morgan fingerprint density at radius 3 is 2.62 bits per heavy atom. The Morgan fingerprint density at radius 2 is 1.88 bits per heavy atom. The van der Waals surface area contributed by atoms with Crippen LogP contribution >= 0.6 is 0 Å². The molecule has 0 aliphatic carbocycles. The number of hydrogen-bond donors (Lipinski definition) is 0. The van der Waals surface area contributed by atoms with Crippen molar-refractivity contribution in [3.8, 4) is 22.9 Å². The quantitative estimate of drug-likeness (QED) is 0.600. The van der Waals surface area contributed by atoms with Crippen molar-refractivity contribution in [3.63, 3.8) is 0 Å². The van der Waals surface area contributed by atoms with Gasteiger partial charge in [0.1, 0.15) is 11.5 Å². The summed E-state index contributed by atoms with van der Waals surface area (Å²) in [6.45, 7) is 2.21. The molecular weight excluding hydrogens is 336 g/mol. The summed E-state index contributed by atoms with van der Waals surface area (Å²) < 4.78 is 21.1. The number of esters is 1. The normalized spacial score (nSPS) is 10.4. The van der Waals surface area contributed by atoms with Crippen molar-refractivity contribution < 1.29 is 23.5 Å². The largest absolute Gasteiger partial charge is 0.496 e. The Kier molecular flexibility index (Phi) is 5.48. The van der Waals surface area contributed by atoms with Crippen LogP contribution in [0.4, 0.5) is 0 Å². The molecule has 0 aliphatic heterocycles. The van der Waals surface area contributed by atoms with E-state index in [0.717, 1.165) is 5.56 Å². The molecule has 2 aromatic carbocycles. The van der Waals surface area contributed by atoms with Gasteiger partial charge in [0.25, 0.3) is 5.89 Å². The van der Waals surface area contributed by atoms with Crippen LogP contribution in [0.15, 0.2) is 53.1 Å². The number of carbonyl (C=O) groups is 1. The van der Waals surface area contributed by atoms with Gasteiger partial charge in [-0.2, -0.15) is 4.98 Å². The molecule has 0 amide bonds. The van der Waals surface area contributed by atoms with Crippen LogP contribution in [0.5, 0.6) is 11.5 Å². The van der Waals surface area contributed by atoms with Gasteiger partial charge in [0.05, 0.1) is 24.8 Å². The molecule has 1 aromatic heterocycles. The van der Waals surface area contributed by atoms with E-state index in [2.05, 4.69) is 10.1 Å². The lowest BCUT2D eigenvalue weighted by Gasteiger charge is -2.05. The fourth-order valence-electron chi connectivity index (χ4n) is 2.30. The lowest BCUT2D eigenvalue weighted by atomic mass is 10.2. The molecule has 0 atom stereocenters. The fraction of sp³-hybridized carbons (Fsp3) is 0.211. The second kappa shape index (κ2) is 8.15. The lowest BCUT2D eigenvalue weighted by molar-refractivity contribution is 0.0526. The van der Waals surface area contributed by atoms with Gasteiger partial charge >= 0.3 is 5.97 Å². The molecule has 0 fully saturated rings. The molecule has 7 heteroatoms. The van der Waals surface area contributed by atoms with Crippen LogP contribution in [0.3, 0.4) is 0 Å². The maximum Gasteiger partial charge on any atom is 0.338 e. The van der Waals surface area contributed by atoms with E-state index in [4.69, 9.17) is 18.7 Å². The summed E-state index contributed by atoms with van der Waals surface area (Å²) in [6, 6.07) is 14.1. The minimum atomic E-state index is -0.364. The molecule has 0 bridgehead atoms. The molecule has 0 radical (unpaired) electrons. The summed E-state index contributed by atoms with van der Waals surface area (Å²) in [5.41, 5.74) is 1.21. The number of benzene rings is 2. The predicted octanol–water partition coefficient (Wildman–Crippen LogP) is 3.50. The van der Waals surface area contributed by atoms with Gasteiger partial charge in [-0.15, -0.1) is 0 Å². The van der Waals surface area contributed by atoms with Gasteiger partial charge in [-0.1, -0.05) is 17.3 Å². The molecule has 3 aromatic rings. The summed E-state index contributed by atoms with van der Waals surface area (Å²) in [6.07, 6.45) is 0. The SMILES string of the molecule is CCOC(=O)c1ccc(OCc2nc(-c3ccccc3OC)no2)cc1. The third kappa shape index (κ3) is 4.00. The number of ether oxygens (including phenoxy) is 3. The van der Waals surface area contributed by atoms with Crippen LogP contribution in [0, 0.1) is 0 Å². The third-order valence-corrected chi connectivity index (χ3v) is 3.54. The Bertz CT molecular complexity index is 874. The molecule has 0 N–H and O–H groups in total. The summed E-state index contributed by atoms with van der Waals surface area (Å²) in [4.78, 5) is 15.9. The Hall–Kier alpha value is -3.35. The molecule has 0 saturated carbocycles. The molecule has 7 nitrogen and oxygen atoms in total. The minimum Gasteiger partial charge on any atom is -0.496 e. The number of carbonyl (C=O) groups excluding carboxylic acids is 1. The first-order valence-corrected chi connectivity index (χ1v) is 8.07. The van der Waals surface area contributed by atoms with Crippen LogP contribution in [0.1, 0.15) is 23.2 Å². The average molecular weight is 354 g/mol. The number of rotatable bonds is 7. The predicted molar refractivity (Wildman–Crippen MR) is 93.0 cm³/mol. The van der Waals surface area contributed by atoms with E-state index in [0.29, 0.717) is 35.4 Å². The van der Waals surface area contributed by atoms with E-state index in [1.54, 1.807) is 38.3 Å². The Balaban J connectivity index is 1.64. The molecular formula is C19H18N2O5. The number of nitrogens with zero attached hydrogens (tertiary/aromatic N) is 2. The van der Waals surface area contributed by atoms with Crippen molar-refractivity contribution in [2.75, 3.05) is 13.7 Å². The number of aromatic nitrogens is 2. The van der Waals surface area contributed by atoms with Gasteiger partial charge in [0.15, 0.2) is 6.61 Å². The maximum atomic E-state index is 11.6. The molecule has 1 heterocycles. The molecule has 0 saturated heterocycles. The van der Waals surface area contributed by atoms with E-state index in [9.17, 15) is 4.79 Å². The zero-order valence-corrected chi connectivity index (χ0v) is 14.5. The topological polar surface area (TPSA) is 83.7 Å². The summed E-state index contributed by atoms with van der Waals surface area (Å²) >= 11 is 0. The van der Waals surface area contributed by atoms with E-state index >= 15 is 0 Å². The monoisotopic (exact) mass is 354 g/mol. The second-order valence-electron chi connectivity index (χ2n) is 5.25. The van der Waals surface area contributed by atoms with Crippen LogP contribution in [0.25, 0.3) is 11.4 Å². The van der Waals surface area contributed by atoms with E-state index in [1.165, 1.54) is 0 Å². The Labute approximate surface area is 150 Å². The highest BCUT2D eigenvalue weighted by Gasteiger charge is 2.13. The van der Waals surface area contributed by atoms with E-state index in [-0.39, 0.29) is 12.6 Å². The third-order valence-electron chi connectivity index (χ3n) is 3.54. The van der Waals surface area contributed by atoms with Crippen molar-refractivity contribution >= 4 is 5.97 Å². The fourth-order valence-corrected chi connectivity index (χ4v) is 2.30. The summed E-state index contributed by atoms with van der Waals surface area (Å²) in [7, 11) is 1.59. The highest BCUT2D eigenvalue weighted by Crippen LogP contribution is 2.27. The van der Waals surface area contributed by atoms with Crippen molar-refractivity contribution in [1.29, 1.82) is 0 Å². The number of para-hydroxylation sites is 1. The highest BCUT2D eigenvalue weighted by atomic mass is 16.5. The Morgan fingerprint density at radius 1 is 1.12 bits per heavy atom. The van der Waals surface area contributed by atoms with Crippen molar-refractivity contribution in [3.05, 3.63) is 60.0 Å². The zero-order valence-electron chi connectivity index (χ0n) is 14.5. The summed E-state index contributed by atoms with van der Waals surface area (Å²) in [5.74, 6) is 1.64. The minimum absolute atomic E-state index is 0.112. The standard InChI is InChI=1S/C19H18N2O5/c1-3-24-19(22)13-8-10-14(11-9-13)25-12-17-20-18(21-26-17)15-6-4-5-7-16(15)23-2/h4-11H,3,12H2,1-2H3. The van der Waals surface area contributed by atoms with Crippen molar-refractivity contribution in [2.45, 2.75) is 13.5 Å². The molecule has 0 spiro atoms. The molecule has 134 valence electrons. The maximum absolute atomic E-state index is 11.6. The van der Waals surface area contributed by atoms with Gasteiger partial charge in [-0.3, -0.25) is 0 Å². The first-order chi connectivity index (χ1) is 12.7. The van der Waals surface area contributed by atoms with Crippen LogP contribution in [0.2, 0.25) is 0 Å². The lowest BCUT2D eigenvalue weighted by Crippen LogP contribution is -2.04. The van der Waals surface area contributed by atoms with Gasteiger partial charge in [-0.25, -0.2) is 4.79 Å². The second-order valence-corrected chi connectivity index (χ2v) is 5.25. The highest BCUT2D eigenvalue weighted by molar-refractivity contribution is 5.89. The number of hydrogen-bond acceptors (Lipinski definition) is 7. The first-order valence-electron chi connectivity index (χ1n) is 8.07. The van der Waals surface area contributed by atoms with Crippen LogP contribution in [-0.4, -0.2) is 29.8 Å². The molecule has 0 unspecified atom stereocenters.